The largest absolute Gasteiger partial charge is 0.481 e. The number of thioether (sulfide) groups is 1. The zero-order valence-electron chi connectivity index (χ0n) is 15.7. The molecule has 1 saturated heterocycles. The van der Waals surface area contributed by atoms with Crippen LogP contribution in [0.4, 0.5) is 5.69 Å². The zero-order valence-corrected chi connectivity index (χ0v) is 17.3. The number of rotatable bonds is 9. The summed E-state index contributed by atoms with van der Waals surface area (Å²) < 4.78 is 32.0. The molecular formula is C17H22N2O8S2. The van der Waals surface area contributed by atoms with Gasteiger partial charge in [0.1, 0.15) is 5.25 Å². The van der Waals surface area contributed by atoms with Crippen molar-refractivity contribution in [2.45, 2.75) is 23.5 Å². The van der Waals surface area contributed by atoms with E-state index in [1.165, 1.54) is 16.4 Å². The molecule has 0 aromatic heterocycles. The first-order valence-corrected chi connectivity index (χ1v) is 11.1. The number of amides is 1. The van der Waals surface area contributed by atoms with Crippen molar-refractivity contribution in [3.8, 4) is 0 Å². The van der Waals surface area contributed by atoms with Crippen molar-refractivity contribution in [2.24, 2.45) is 0 Å². The van der Waals surface area contributed by atoms with Gasteiger partial charge in [0, 0.05) is 18.8 Å². The van der Waals surface area contributed by atoms with E-state index in [-0.39, 0.29) is 29.4 Å². The summed E-state index contributed by atoms with van der Waals surface area (Å²) in [6, 6.07) is 4.38. The molecule has 1 aromatic carbocycles. The van der Waals surface area contributed by atoms with Crippen LogP contribution in [-0.2, 0) is 29.1 Å². The minimum Gasteiger partial charge on any atom is -0.481 e. The summed E-state index contributed by atoms with van der Waals surface area (Å²) in [7, 11) is -3.73. The van der Waals surface area contributed by atoms with Gasteiger partial charge in [-0.15, -0.1) is 11.8 Å². The molecule has 160 valence electrons. The van der Waals surface area contributed by atoms with Crippen LogP contribution in [0.2, 0.25) is 0 Å². The van der Waals surface area contributed by atoms with Gasteiger partial charge in [0.05, 0.1) is 30.3 Å². The molecular weight excluding hydrogens is 424 g/mol. The summed E-state index contributed by atoms with van der Waals surface area (Å²) in [5.41, 5.74) is 0.916. The number of benzene rings is 1. The molecule has 1 unspecified atom stereocenters. The normalized spacial score (nSPS) is 16.2. The van der Waals surface area contributed by atoms with Crippen LogP contribution in [0.25, 0.3) is 0 Å². The van der Waals surface area contributed by atoms with Crippen LogP contribution in [0, 0.1) is 6.92 Å². The number of nitrogens with zero attached hydrogens (tertiary/aromatic N) is 1. The third-order valence-electron chi connectivity index (χ3n) is 4.14. The van der Waals surface area contributed by atoms with E-state index in [0.29, 0.717) is 30.5 Å². The molecule has 0 saturated carbocycles. The second-order valence-electron chi connectivity index (χ2n) is 6.28. The Kier molecular flexibility index (Phi) is 8.02. The highest BCUT2D eigenvalue weighted by Gasteiger charge is 2.27. The van der Waals surface area contributed by atoms with E-state index >= 15 is 0 Å². The van der Waals surface area contributed by atoms with Gasteiger partial charge in [0.2, 0.25) is 15.9 Å². The van der Waals surface area contributed by atoms with Crippen LogP contribution < -0.4 is 5.32 Å². The van der Waals surface area contributed by atoms with Crippen LogP contribution >= 0.6 is 11.8 Å². The molecule has 1 amide bonds. The molecule has 3 N–H and O–H groups in total. The van der Waals surface area contributed by atoms with E-state index in [4.69, 9.17) is 14.9 Å². The van der Waals surface area contributed by atoms with E-state index in [0.717, 1.165) is 0 Å². The van der Waals surface area contributed by atoms with E-state index in [1.54, 1.807) is 13.0 Å². The van der Waals surface area contributed by atoms with Crippen LogP contribution in [0.5, 0.6) is 0 Å². The van der Waals surface area contributed by atoms with Gasteiger partial charge in [0.25, 0.3) is 0 Å². The van der Waals surface area contributed by atoms with Crippen LogP contribution in [-0.4, -0.2) is 78.1 Å². The maximum atomic E-state index is 12.8. The fourth-order valence-electron chi connectivity index (χ4n) is 2.57. The molecule has 0 bridgehead atoms. The Morgan fingerprint density at radius 1 is 1.24 bits per heavy atom. The number of aliphatic carboxylic acids is 2. The number of morpholine rings is 1. The highest BCUT2D eigenvalue weighted by molar-refractivity contribution is 8.01. The number of ether oxygens (including phenoxy) is 1. The summed E-state index contributed by atoms with van der Waals surface area (Å²) in [5, 5.41) is 19.1. The highest BCUT2D eigenvalue weighted by Crippen LogP contribution is 2.24. The van der Waals surface area contributed by atoms with E-state index < -0.39 is 39.5 Å². The number of hydrogen-bond acceptors (Lipinski definition) is 7. The van der Waals surface area contributed by atoms with Crippen LogP contribution in [0.1, 0.15) is 12.0 Å². The Morgan fingerprint density at radius 2 is 1.90 bits per heavy atom. The van der Waals surface area contributed by atoms with Gasteiger partial charge in [-0.25, -0.2) is 8.42 Å². The second-order valence-corrected chi connectivity index (χ2v) is 9.41. The lowest BCUT2D eigenvalue weighted by Gasteiger charge is -2.26. The topological polar surface area (TPSA) is 150 Å². The monoisotopic (exact) mass is 446 g/mol. The number of aryl methyl sites for hydroxylation is 1. The lowest BCUT2D eigenvalue weighted by atomic mass is 10.2. The van der Waals surface area contributed by atoms with Crippen molar-refractivity contribution in [1.82, 2.24) is 4.31 Å². The van der Waals surface area contributed by atoms with E-state index in [1.807, 2.05) is 0 Å². The van der Waals surface area contributed by atoms with Crippen molar-refractivity contribution in [3.63, 3.8) is 0 Å². The van der Waals surface area contributed by atoms with Gasteiger partial charge in [0.15, 0.2) is 0 Å². The standard InChI is InChI=1S/C17H22N2O8S2/c1-11-2-3-12(29(25,26)19-4-6-27-7-5-19)8-13(11)18-15(20)10-28-14(17(23)24)9-16(21)22/h2-3,8,14H,4-7,9-10H2,1H3,(H,18,20)(H,21,22)(H,23,24). The molecule has 1 aliphatic rings. The molecule has 12 heteroatoms. The van der Waals surface area contributed by atoms with Crippen molar-refractivity contribution < 1.29 is 37.8 Å². The highest BCUT2D eigenvalue weighted by atomic mass is 32.2. The third-order valence-corrected chi connectivity index (χ3v) is 7.24. The summed E-state index contributed by atoms with van der Waals surface area (Å²) in [4.78, 5) is 34.0. The first kappa shape index (κ1) is 23.1. The van der Waals surface area contributed by atoms with E-state index in [2.05, 4.69) is 5.32 Å². The summed E-state index contributed by atoms with van der Waals surface area (Å²) in [5.74, 6) is -3.44. The maximum Gasteiger partial charge on any atom is 0.317 e. The fourth-order valence-corrected chi connectivity index (χ4v) is 4.83. The van der Waals surface area contributed by atoms with Crippen LogP contribution in [0.3, 0.4) is 0 Å². The Balaban J connectivity index is 2.08. The Morgan fingerprint density at radius 3 is 2.48 bits per heavy atom. The molecule has 0 spiro atoms. The summed E-state index contributed by atoms with van der Waals surface area (Å²) in [6.07, 6.45) is -0.612. The average Bonchev–Trinajstić information content (AvgIpc) is 2.67. The minimum atomic E-state index is -3.73. The number of anilines is 1. The SMILES string of the molecule is Cc1ccc(S(=O)(=O)N2CCOCC2)cc1NC(=O)CSC(CC(=O)O)C(=O)O. The van der Waals surface area contributed by atoms with Crippen molar-refractivity contribution in [2.75, 3.05) is 37.4 Å². The van der Waals surface area contributed by atoms with Crippen molar-refractivity contribution >= 4 is 45.3 Å². The number of sulfonamides is 1. The second kappa shape index (κ2) is 10.1. The minimum absolute atomic E-state index is 0.0299. The molecule has 0 radical (unpaired) electrons. The van der Waals surface area contributed by atoms with Gasteiger partial charge in [-0.1, -0.05) is 6.07 Å². The number of carboxylic acid groups (broad SMARTS) is 2. The fraction of sp³-hybridized carbons (Fsp3) is 0.471. The first-order valence-electron chi connectivity index (χ1n) is 8.66. The molecule has 1 fully saturated rings. The molecule has 1 heterocycles. The molecule has 0 aliphatic carbocycles. The summed E-state index contributed by atoms with van der Waals surface area (Å²) in [6.45, 7) is 2.81. The first-order chi connectivity index (χ1) is 13.6. The molecule has 1 atom stereocenters. The van der Waals surface area contributed by atoms with Crippen LogP contribution in [0.15, 0.2) is 23.1 Å². The smallest absolute Gasteiger partial charge is 0.317 e. The Hall–Kier alpha value is -2.15. The van der Waals surface area contributed by atoms with Gasteiger partial charge in [-0.3, -0.25) is 14.4 Å². The van der Waals surface area contributed by atoms with Crippen molar-refractivity contribution in [1.29, 1.82) is 0 Å². The molecule has 10 nitrogen and oxygen atoms in total. The zero-order chi connectivity index (χ0) is 21.6. The molecule has 2 rings (SSSR count). The number of carbonyl (C=O) groups excluding carboxylic acids is 1. The quantitative estimate of drug-likeness (QED) is 0.496. The van der Waals surface area contributed by atoms with Crippen molar-refractivity contribution in [3.05, 3.63) is 23.8 Å². The van der Waals surface area contributed by atoms with Gasteiger partial charge in [-0.2, -0.15) is 4.31 Å². The predicted octanol–water partition coefficient (Wildman–Crippen LogP) is 0.616. The predicted molar refractivity (Wildman–Crippen MR) is 106 cm³/mol. The van der Waals surface area contributed by atoms with Gasteiger partial charge >= 0.3 is 11.9 Å². The summed E-state index contributed by atoms with van der Waals surface area (Å²) >= 11 is 0.691. The molecule has 1 aliphatic heterocycles. The van der Waals surface area contributed by atoms with E-state index in [9.17, 15) is 22.8 Å². The maximum absolute atomic E-state index is 12.8. The average molecular weight is 447 g/mol. The van der Waals surface area contributed by atoms with Gasteiger partial charge in [-0.05, 0) is 24.6 Å². The number of nitrogens with one attached hydrogen (secondary N) is 1. The third kappa shape index (κ3) is 6.42. The lowest BCUT2D eigenvalue weighted by molar-refractivity contribution is -0.142. The Labute approximate surface area is 172 Å². The van der Waals surface area contributed by atoms with Gasteiger partial charge < -0.3 is 20.3 Å². The molecule has 1 aromatic rings. The Bertz CT molecular complexity index is 881. The number of carboxylic acids is 2. The number of carbonyl (C=O) groups is 3. The molecule has 29 heavy (non-hydrogen) atoms. The lowest BCUT2D eigenvalue weighted by Crippen LogP contribution is -2.40. The number of hydrogen-bond donors (Lipinski definition) is 3.